The quantitative estimate of drug-likeness (QED) is 0.717. The lowest BCUT2D eigenvalue weighted by molar-refractivity contribution is -0.156. The molecule has 1 rings (SSSR count). The Hall–Kier alpha value is -0.350. The van der Waals surface area contributed by atoms with Gasteiger partial charge < -0.3 is 10.1 Å². The van der Waals surface area contributed by atoms with Crippen LogP contribution in [0.15, 0.2) is 0 Å². The Morgan fingerprint density at radius 3 is 2.86 bits per heavy atom. The first-order valence-corrected chi connectivity index (χ1v) is 4.50. The van der Waals surface area contributed by atoms with Crippen molar-refractivity contribution in [2.75, 3.05) is 26.9 Å². The highest BCUT2D eigenvalue weighted by Crippen LogP contribution is 2.33. The molecular weight excluding hydrogens is 209 g/mol. The average Bonchev–Trinajstić information content (AvgIpc) is 2.17. The molecular formula is C9H17ClFNO2. The molecule has 1 aliphatic heterocycles. The van der Waals surface area contributed by atoms with Crippen molar-refractivity contribution in [2.45, 2.75) is 13.3 Å². The van der Waals surface area contributed by atoms with Crippen molar-refractivity contribution in [2.24, 2.45) is 11.3 Å². The summed E-state index contributed by atoms with van der Waals surface area (Å²) in [5, 5.41) is 3.09. The number of piperidine rings is 1. The van der Waals surface area contributed by atoms with E-state index in [4.69, 9.17) is 0 Å². The van der Waals surface area contributed by atoms with Crippen molar-refractivity contribution in [1.29, 1.82) is 0 Å². The second-order valence-corrected chi connectivity index (χ2v) is 3.73. The van der Waals surface area contributed by atoms with Crippen LogP contribution in [0.25, 0.3) is 0 Å². The SMILES string of the molecule is COC(=O)[C@]1(C)CNCCC1CF.Cl. The first kappa shape index (κ1) is 13.7. The summed E-state index contributed by atoms with van der Waals surface area (Å²) in [6.07, 6.45) is 0.697. The standard InChI is InChI=1S/C9H16FNO2.ClH/c1-9(8(12)13-2)6-11-4-3-7(9)5-10;/h7,11H,3-6H2,1-2H3;1H/t7?,9-;/m1./s1. The smallest absolute Gasteiger partial charge is 0.313 e. The van der Waals surface area contributed by atoms with E-state index < -0.39 is 12.1 Å². The summed E-state index contributed by atoms with van der Waals surface area (Å²) in [4.78, 5) is 11.4. The lowest BCUT2D eigenvalue weighted by Crippen LogP contribution is -2.50. The minimum atomic E-state index is -0.693. The van der Waals surface area contributed by atoms with E-state index in [1.165, 1.54) is 7.11 Å². The van der Waals surface area contributed by atoms with Crippen molar-refractivity contribution >= 4 is 18.4 Å². The van der Waals surface area contributed by atoms with Crippen molar-refractivity contribution < 1.29 is 13.9 Å². The molecule has 2 atom stereocenters. The molecule has 0 radical (unpaired) electrons. The Balaban J connectivity index is 0.00000169. The largest absolute Gasteiger partial charge is 0.469 e. The zero-order valence-electron chi connectivity index (χ0n) is 8.51. The van der Waals surface area contributed by atoms with Crippen LogP contribution in [-0.2, 0) is 9.53 Å². The maximum absolute atomic E-state index is 12.6. The van der Waals surface area contributed by atoms with Gasteiger partial charge in [0.05, 0.1) is 19.2 Å². The Kier molecular flexibility index (Phi) is 5.37. The van der Waals surface area contributed by atoms with E-state index in [1.807, 2.05) is 0 Å². The number of esters is 1. The molecule has 0 aromatic carbocycles. The van der Waals surface area contributed by atoms with E-state index in [0.717, 1.165) is 6.54 Å². The van der Waals surface area contributed by atoms with E-state index >= 15 is 0 Å². The summed E-state index contributed by atoms with van der Waals surface area (Å²) < 4.78 is 17.3. The normalized spacial score (nSPS) is 31.8. The number of hydrogen-bond donors (Lipinski definition) is 1. The van der Waals surface area contributed by atoms with Gasteiger partial charge >= 0.3 is 5.97 Å². The van der Waals surface area contributed by atoms with E-state index in [1.54, 1.807) is 6.92 Å². The van der Waals surface area contributed by atoms with Crippen LogP contribution in [0.1, 0.15) is 13.3 Å². The van der Waals surface area contributed by atoms with Gasteiger partial charge in [0, 0.05) is 12.5 Å². The lowest BCUT2D eigenvalue weighted by Gasteiger charge is -2.37. The highest BCUT2D eigenvalue weighted by molar-refractivity contribution is 5.85. The van der Waals surface area contributed by atoms with Gasteiger partial charge in [-0.05, 0) is 19.9 Å². The molecule has 1 N–H and O–H groups in total. The molecule has 0 saturated carbocycles. The van der Waals surface area contributed by atoms with Gasteiger partial charge in [-0.3, -0.25) is 9.18 Å². The van der Waals surface area contributed by atoms with Crippen LogP contribution in [0.4, 0.5) is 4.39 Å². The fourth-order valence-electron chi connectivity index (χ4n) is 1.81. The molecule has 0 aromatic rings. The molecule has 3 nitrogen and oxygen atoms in total. The first-order valence-electron chi connectivity index (χ1n) is 4.50. The van der Waals surface area contributed by atoms with E-state index in [0.29, 0.717) is 13.0 Å². The minimum Gasteiger partial charge on any atom is -0.469 e. The van der Waals surface area contributed by atoms with Gasteiger partial charge in [0.1, 0.15) is 0 Å². The fourth-order valence-corrected chi connectivity index (χ4v) is 1.81. The molecule has 0 aliphatic carbocycles. The van der Waals surface area contributed by atoms with Crippen LogP contribution < -0.4 is 5.32 Å². The third kappa shape index (κ3) is 2.36. The molecule has 1 unspecified atom stereocenters. The second kappa shape index (κ2) is 5.51. The summed E-state index contributed by atoms with van der Waals surface area (Å²) in [5.41, 5.74) is -0.693. The van der Waals surface area contributed by atoms with Gasteiger partial charge in [0.25, 0.3) is 0 Å². The summed E-state index contributed by atoms with van der Waals surface area (Å²) in [7, 11) is 1.34. The molecule has 1 fully saturated rings. The Bertz CT molecular complexity index is 203. The summed E-state index contributed by atoms with van der Waals surface area (Å²) in [5.74, 6) is -0.524. The molecule has 0 aromatic heterocycles. The van der Waals surface area contributed by atoms with Crippen molar-refractivity contribution in [1.82, 2.24) is 5.32 Å². The Labute approximate surface area is 89.8 Å². The van der Waals surface area contributed by atoms with Gasteiger partial charge in [0.2, 0.25) is 0 Å². The van der Waals surface area contributed by atoms with Crippen LogP contribution in [0.3, 0.4) is 0 Å². The van der Waals surface area contributed by atoms with E-state index in [2.05, 4.69) is 10.1 Å². The molecule has 5 heteroatoms. The number of carbonyl (C=O) groups excluding carboxylic acids is 1. The highest BCUT2D eigenvalue weighted by atomic mass is 35.5. The van der Waals surface area contributed by atoms with Gasteiger partial charge in [-0.15, -0.1) is 12.4 Å². The number of hydrogen-bond acceptors (Lipinski definition) is 3. The number of alkyl halides is 1. The maximum Gasteiger partial charge on any atom is 0.313 e. The molecule has 1 heterocycles. The second-order valence-electron chi connectivity index (χ2n) is 3.73. The number of methoxy groups -OCH3 is 1. The van der Waals surface area contributed by atoms with Crippen LogP contribution in [0, 0.1) is 11.3 Å². The number of nitrogens with one attached hydrogen (secondary N) is 1. The Morgan fingerprint density at radius 2 is 2.36 bits per heavy atom. The van der Waals surface area contributed by atoms with Crippen LogP contribution in [0.2, 0.25) is 0 Å². The average molecular weight is 226 g/mol. The van der Waals surface area contributed by atoms with E-state index in [9.17, 15) is 9.18 Å². The predicted octanol–water partition coefficient (Wildman–Crippen LogP) is 1.17. The molecule has 0 bridgehead atoms. The zero-order valence-corrected chi connectivity index (χ0v) is 9.32. The van der Waals surface area contributed by atoms with E-state index in [-0.39, 0.29) is 24.3 Å². The molecule has 14 heavy (non-hydrogen) atoms. The Morgan fingerprint density at radius 1 is 1.71 bits per heavy atom. The van der Waals surface area contributed by atoms with Crippen molar-refractivity contribution in [3.63, 3.8) is 0 Å². The molecule has 0 spiro atoms. The van der Waals surface area contributed by atoms with Gasteiger partial charge in [0.15, 0.2) is 0 Å². The molecule has 84 valence electrons. The number of halogens is 2. The van der Waals surface area contributed by atoms with Crippen molar-refractivity contribution in [3.8, 4) is 0 Å². The van der Waals surface area contributed by atoms with Gasteiger partial charge in [-0.2, -0.15) is 0 Å². The number of rotatable bonds is 2. The van der Waals surface area contributed by atoms with Crippen molar-refractivity contribution in [3.05, 3.63) is 0 Å². The molecule has 1 aliphatic rings. The van der Waals surface area contributed by atoms with Crippen LogP contribution in [-0.4, -0.2) is 32.8 Å². The van der Waals surface area contributed by atoms with Crippen LogP contribution in [0.5, 0.6) is 0 Å². The topological polar surface area (TPSA) is 38.3 Å². The highest BCUT2D eigenvalue weighted by Gasteiger charge is 2.43. The summed E-state index contributed by atoms with van der Waals surface area (Å²) in [6, 6.07) is 0. The number of carbonyl (C=O) groups is 1. The predicted molar refractivity (Wildman–Crippen MR) is 54.3 cm³/mol. The monoisotopic (exact) mass is 225 g/mol. The maximum atomic E-state index is 12.6. The van der Waals surface area contributed by atoms with Gasteiger partial charge in [-0.1, -0.05) is 0 Å². The number of ether oxygens (including phenoxy) is 1. The zero-order chi connectivity index (χ0) is 9.90. The van der Waals surface area contributed by atoms with Gasteiger partial charge in [-0.25, -0.2) is 0 Å². The lowest BCUT2D eigenvalue weighted by atomic mass is 9.73. The molecule has 0 amide bonds. The molecule has 1 saturated heterocycles. The summed E-state index contributed by atoms with van der Waals surface area (Å²) in [6.45, 7) is 2.60. The first-order chi connectivity index (χ1) is 6.15. The fraction of sp³-hybridized carbons (Fsp3) is 0.889. The third-order valence-corrected chi connectivity index (χ3v) is 2.90. The summed E-state index contributed by atoms with van der Waals surface area (Å²) >= 11 is 0. The third-order valence-electron chi connectivity index (χ3n) is 2.90. The van der Waals surface area contributed by atoms with Crippen LogP contribution >= 0.6 is 12.4 Å². The minimum absolute atomic E-state index is 0.